The minimum atomic E-state index is -0.0963. The van der Waals surface area contributed by atoms with Gasteiger partial charge in [-0.2, -0.15) is 0 Å². The summed E-state index contributed by atoms with van der Waals surface area (Å²) < 4.78 is 5.31. The molecule has 1 aromatic heterocycles. The predicted octanol–water partition coefficient (Wildman–Crippen LogP) is 2.76. The molecule has 2 aromatic rings. The summed E-state index contributed by atoms with van der Waals surface area (Å²) in [5, 5.41) is 3.69. The first kappa shape index (κ1) is 12.4. The van der Waals surface area contributed by atoms with Crippen molar-refractivity contribution in [3.05, 3.63) is 30.0 Å². The Morgan fingerprint density at radius 3 is 2.72 bits per heavy atom. The van der Waals surface area contributed by atoms with Crippen LogP contribution in [0.5, 0.6) is 5.75 Å². The van der Waals surface area contributed by atoms with Crippen LogP contribution in [0, 0.1) is 0 Å². The number of hydrogen-bond donors (Lipinski definition) is 1. The van der Waals surface area contributed by atoms with Crippen LogP contribution in [0.2, 0.25) is 0 Å². The highest BCUT2D eigenvalue weighted by Crippen LogP contribution is 2.30. The van der Waals surface area contributed by atoms with Crippen molar-refractivity contribution >= 4 is 22.5 Å². The molecule has 1 heterocycles. The highest BCUT2D eigenvalue weighted by Gasteiger charge is 2.09. The minimum Gasteiger partial charge on any atom is -0.494 e. The summed E-state index contributed by atoms with van der Waals surface area (Å²) >= 11 is 0. The summed E-state index contributed by atoms with van der Waals surface area (Å²) in [6, 6.07) is 7.58. The Morgan fingerprint density at radius 2 is 2.11 bits per heavy atom. The molecule has 0 bridgehead atoms. The van der Waals surface area contributed by atoms with Crippen molar-refractivity contribution in [1.29, 1.82) is 0 Å². The van der Waals surface area contributed by atoms with Crippen molar-refractivity contribution in [2.45, 2.75) is 20.3 Å². The van der Waals surface area contributed by atoms with Gasteiger partial charge in [0.15, 0.2) is 0 Å². The SMILES string of the molecule is CCc1ccc2c(NC(C)=O)ccc(OC)c2n1. The van der Waals surface area contributed by atoms with Gasteiger partial charge in [0.2, 0.25) is 5.91 Å². The van der Waals surface area contributed by atoms with E-state index in [-0.39, 0.29) is 5.91 Å². The van der Waals surface area contributed by atoms with E-state index < -0.39 is 0 Å². The van der Waals surface area contributed by atoms with Gasteiger partial charge >= 0.3 is 0 Å². The van der Waals surface area contributed by atoms with E-state index in [1.807, 2.05) is 24.3 Å². The summed E-state index contributed by atoms with van der Waals surface area (Å²) in [7, 11) is 1.62. The topological polar surface area (TPSA) is 51.2 Å². The van der Waals surface area contributed by atoms with E-state index in [2.05, 4.69) is 17.2 Å². The fraction of sp³-hybridized carbons (Fsp3) is 0.286. The Kier molecular flexibility index (Phi) is 3.46. The van der Waals surface area contributed by atoms with Gasteiger partial charge in [0.05, 0.1) is 12.8 Å². The molecule has 0 fully saturated rings. The lowest BCUT2D eigenvalue weighted by atomic mass is 10.1. The Morgan fingerprint density at radius 1 is 1.33 bits per heavy atom. The fourth-order valence-electron chi connectivity index (χ4n) is 1.89. The minimum absolute atomic E-state index is 0.0963. The monoisotopic (exact) mass is 244 g/mol. The number of nitrogens with one attached hydrogen (secondary N) is 1. The smallest absolute Gasteiger partial charge is 0.221 e. The average molecular weight is 244 g/mol. The van der Waals surface area contributed by atoms with Gasteiger partial charge in [-0.25, -0.2) is 4.98 Å². The number of fused-ring (bicyclic) bond motifs is 1. The highest BCUT2D eigenvalue weighted by atomic mass is 16.5. The number of aryl methyl sites for hydroxylation is 1. The number of hydrogen-bond acceptors (Lipinski definition) is 3. The fourth-order valence-corrected chi connectivity index (χ4v) is 1.89. The molecule has 0 aliphatic heterocycles. The van der Waals surface area contributed by atoms with Crippen LogP contribution in [0.15, 0.2) is 24.3 Å². The molecule has 1 N–H and O–H groups in total. The first-order valence-electron chi connectivity index (χ1n) is 5.90. The molecule has 4 nitrogen and oxygen atoms in total. The molecule has 0 spiro atoms. The Labute approximate surface area is 106 Å². The lowest BCUT2D eigenvalue weighted by Gasteiger charge is -2.11. The molecule has 0 saturated carbocycles. The number of ether oxygens (including phenoxy) is 1. The number of rotatable bonds is 3. The number of methoxy groups -OCH3 is 1. The maximum Gasteiger partial charge on any atom is 0.221 e. The lowest BCUT2D eigenvalue weighted by molar-refractivity contribution is -0.114. The third-order valence-electron chi connectivity index (χ3n) is 2.77. The maximum absolute atomic E-state index is 11.2. The van der Waals surface area contributed by atoms with E-state index in [4.69, 9.17) is 4.74 Å². The molecule has 0 aliphatic carbocycles. The summed E-state index contributed by atoms with van der Waals surface area (Å²) in [4.78, 5) is 15.7. The van der Waals surface area contributed by atoms with Gasteiger partial charge in [-0.05, 0) is 30.7 Å². The second-order valence-electron chi connectivity index (χ2n) is 4.05. The summed E-state index contributed by atoms with van der Waals surface area (Å²) in [6.45, 7) is 3.54. The second kappa shape index (κ2) is 5.04. The van der Waals surface area contributed by atoms with Crippen molar-refractivity contribution < 1.29 is 9.53 Å². The van der Waals surface area contributed by atoms with E-state index in [0.717, 1.165) is 34.5 Å². The quantitative estimate of drug-likeness (QED) is 0.903. The normalized spacial score (nSPS) is 10.4. The van der Waals surface area contributed by atoms with E-state index >= 15 is 0 Å². The summed E-state index contributed by atoms with van der Waals surface area (Å²) in [6.07, 6.45) is 0.865. The number of aromatic nitrogens is 1. The van der Waals surface area contributed by atoms with Crippen LogP contribution in [0.25, 0.3) is 10.9 Å². The molecule has 1 amide bonds. The number of benzene rings is 1. The van der Waals surface area contributed by atoms with Gasteiger partial charge in [0.1, 0.15) is 11.3 Å². The zero-order valence-electron chi connectivity index (χ0n) is 10.8. The van der Waals surface area contributed by atoms with Crippen LogP contribution in [0.3, 0.4) is 0 Å². The molecule has 0 radical (unpaired) electrons. The number of amides is 1. The van der Waals surface area contributed by atoms with Crippen molar-refractivity contribution in [2.24, 2.45) is 0 Å². The predicted molar refractivity (Wildman–Crippen MR) is 72.0 cm³/mol. The van der Waals surface area contributed by atoms with Gasteiger partial charge in [-0.1, -0.05) is 6.92 Å². The Hall–Kier alpha value is -2.10. The molecule has 94 valence electrons. The number of carbonyl (C=O) groups excluding carboxylic acids is 1. The Balaban J connectivity index is 2.66. The molecule has 0 aliphatic rings. The average Bonchev–Trinajstić information content (AvgIpc) is 2.38. The van der Waals surface area contributed by atoms with E-state index in [9.17, 15) is 4.79 Å². The second-order valence-corrected chi connectivity index (χ2v) is 4.05. The number of nitrogens with zero attached hydrogens (tertiary/aromatic N) is 1. The summed E-state index contributed by atoms with van der Waals surface area (Å²) in [5.74, 6) is 0.621. The van der Waals surface area contributed by atoms with Crippen molar-refractivity contribution in [1.82, 2.24) is 4.98 Å². The van der Waals surface area contributed by atoms with Crippen LogP contribution in [0.4, 0.5) is 5.69 Å². The first-order valence-corrected chi connectivity index (χ1v) is 5.90. The molecule has 18 heavy (non-hydrogen) atoms. The molecule has 0 atom stereocenters. The standard InChI is InChI=1S/C14H16N2O2/c1-4-10-5-6-11-12(15-9(2)17)7-8-13(18-3)14(11)16-10/h5-8H,4H2,1-3H3,(H,15,17). The number of pyridine rings is 1. The van der Waals surface area contributed by atoms with Gasteiger partial charge in [-0.15, -0.1) is 0 Å². The highest BCUT2D eigenvalue weighted by molar-refractivity contribution is 6.02. The van der Waals surface area contributed by atoms with Gasteiger partial charge in [-0.3, -0.25) is 4.79 Å². The molecular weight excluding hydrogens is 228 g/mol. The van der Waals surface area contributed by atoms with Crippen LogP contribution in [-0.2, 0) is 11.2 Å². The Bertz CT molecular complexity index is 594. The van der Waals surface area contributed by atoms with Gasteiger partial charge in [0.25, 0.3) is 0 Å². The van der Waals surface area contributed by atoms with Crippen molar-refractivity contribution in [3.8, 4) is 5.75 Å². The van der Waals surface area contributed by atoms with Crippen LogP contribution >= 0.6 is 0 Å². The van der Waals surface area contributed by atoms with E-state index in [0.29, 0.717) is 0 Å². The summed E-state index contributed by atoms with van der Waals surface area (Å²) in [5.41, 5.74) is 2.54. The zero-order valence-corrected chi connectivity index (χ0v) is 10.8. The maximum atomic E-state index is 11.2. The number of carbonyl (C=O) groups is 1. The third kappa shape index (κ3) is 2.27. The molecule has 0 unspecified atom stereocenters. The third-order valence-corrected chi connectivity index (χ3v) is 2.77. The van der Waals surface area contributed by atoms with Crippen molar-refractivity contribution in [2.75, 3.05) is 12.4 Å². The lowest BCUT2D eigenvalue weighted by Crippen LogP contribution is -2.06. The zero-order chi connectivity index (χ0) is 13.1. The molecule has 4 heteroatoms. The van der Waals surface area contributed by atoms with Crippen molar-refractivity contribution in [3.63, 3.8) is 0 Å². The molecular formula is C14H16N2O2. The van der Waals surface area contributed by atoms with Crippen LogP contribution in [0.1, 0.15) is 19.5 Å². The van der Waals surface area contributed by atoms with Gasteiger partial charge in [0, 0.05) is 18.0 Å². The molecule has 0 saturated heterocycles. The largest absolute Gasteiger partial charge is 0.494 e. The van der Waals surface area contributed by atoms with Gasteiger partial charge < -0.3 is 10.1 Å². The molecule has 1 aromatic carbocycles. The number of anilines is 1. The molecule has 2 rings (SSSR count). The first-order chi connectivity index (χ1) is 8.65. The van der Waals surface area contributed by atoms with E-state index in [1.54, 1.807) is 7.11 Å². The van der Waals surface area contributed by atoms with Crippen LogP contribution in [-0.4, -0.2) is 18.0 Å². The van der Waals surface area contributed by atoms with Crippen LogP contribution < -0.4 is 10.1 Å². The van der Waals surface area contributed by atoms with E-state index in [1.165, 1.54) is 6.92 Å².